The van der Waals surface area contributed by atoms with Gasteiger partial charge < -0.3 is 30.3 Å². The predicted molar refractivity (Wildman–Crippen MR) is 181 cm³/mol. The average molecular weight is 717 g/mol. The monoisotopic (exact) mass is 716 g/mol. The van der Waals surface area contributed by atoms with E-state index in [9.17, 15) is 23.1 Å². The summed E-state index contributed by atoms with van der Waals surface area (Å²) in [5.74, 6) is -7.52. The van der Waals surface area contributed by atoms with Crippen molar-refractivity contribution in [3.63, 3.8) is 0 Å². The summed E-state index contributed by atoms with van der Waals surface area (Å²) in [5.41, 5.74) is 7.78. The van der Waals surface area contributed by atoms with Crippen LogP contribution in [0.2, 0.25) is 0 Å². The van der Waals surface area contributed by atoms with Crippen molar-refractivity contribution in [2.24, 2.45) is 5.73 Å². The van der Waals surface area contributed by atoms with Crippen LogP contribution in [0.15, 0.2) is 66.7 Å². The number of nitrogens with zero attached hydrogens (tertiary/aromatic N) is 2. The number of carboxylic acids is 2. The number of carboxylic acid groups (broad SMARTS) is 2. The number of amidine groups is 1. The molecule has 51 heavy (non-hydrogen) atoms. The van der Waals surface area contributed by atoms with Crippen LogP contribution in [0.1, 0.15) is 68.9 Å². The number of pyridine rings is 1. The minimum absolute atomic E-state index is 0.104. The number of aromatic carboxylic acids is 1. The summed E-state index contributed by atoms with van der Waals surface area (Å²) in [5, 5.41) is 24.9. The maximum atomic E-state index is 16.2. The molecule has 4 aromatic rings. The van der Waals surface area contributed by atoms with Gasteiger partial charge >= 0.3 is 18.1 Å². The van der Waals surface area contributed by atoms with E-state index in [0.717, 1.165) is 11.1 Å². The Kier molecular flexibility index (Phi) is 12.7. The highest BCUT2D eigenvalue weighted by molar-refractivity contribution is 5.95. The van der Waals surface area contributed by atoms with Crippen LogP contribution in [0.5, 0.6) is 23.3 Å². The van der Waals surface area contributed by atoms with Crippen molar-refractivity contribution in [2.45, 2.75) is 65.7 Å². The second-order valence-corrected chi connectivity index (χ2v) is 12.0. The Labute approximate surface area is 290 Å². The number of ether oxygens (including phenoxy) is 2. The van der Waals surface area contributed by atoms with E-state index in [1.165, 1.54) is 29.2 Å². The molecule has 0 aliphatic rings. The molecule has 0 spiro atoms. The quantitative estimate of drug-likeness (QED) is 0.0675. The summed E-state index contributed by atoms with van der Waals surface area (Å²) >= 11 is 0. The molecule has 10 nitrogen and oxygen atoms in total. The van der Waals surface area contributed by atoms with Gasteiger partial charge in [-0.1, -0.05) is 56.3 Å². The minimum atomic E-state index is -5.08. The van der Waals surface area contributed by atoms with Crippen LogP contribution in [0, 0.1) is 17.0 Å². The smallest absolute Gasteiger partial charge is 0.478 e. The topological polar surface area (TPSA) is 159 Å². The molecule has 0 radical (unpaired) electrons. The fourth-order valence-corrected chi connectivity index (χ4v) is 4.95. The molecular formula is C36H37F5N4O6. The van der Waals surface area contributed by atoms with E-state index >= 15 is 8.78 Å². The molecule has 15 heteroatoms. The van der Waals surface area contributed by atoms with Crippen LogP contribution in [0.25, 0.3) is 11.1 Å². The number of nitrogen functional groups attached to an aromatic ring is 1. The van der Waals surface area contributed by atoms with Gasteiger partial charge in [-0.25, -0.2) is 9.59 Å². The maximum Gasteiger partial charge on any atom is 0.490 e. The van der Waals surface area contributed by atoms with Gasteiger partial charge in [0.25, 0.3) is 11.8 Å². The van der Waals surface area contributed by atoms with Crippen molar-refractivity contribution in [3.05, 3.63) is 95.1 Å². The van der Waals surface area contributed by atoms with Crippen molar-refractivity contribution >= 4 is 23.5 Å². The molecule has 5 N–H and O–H groups in total. The molecule has 0 atom stereocenters. The first-order valence-electron chi connectivity index (χ1n) is 15.5. The van der Waals surface area contributed by atoms with Crippen LogP contribution < -0.4 is 20.1 Å². The summed E-state index contributed by atoms with van der Waals surface area (Å²) in [6, 6.07) is 17.7. The average Bonchev–Trinajstić information content (AvgIpc) is 3.04. The lowest BCUT2D eigenvalue weighted by molar-refractivity contribution is -0.192. The van der Waals surface area contributed by atoms with Gasteiger partial charge in [0, 0.05) is 17.6 Å². The lowest BCUT2D eigenvalue weighted by Crippen LogP contribution is -2.38. The lowest BCUT2D eigenvalue weighted by atomic mass is 9.96. The number of nitrogens with one attached hydrogen (secondary N) is 1. The molecule has 0 saturated carbocycles. The standard InChI is InChI=1S/C34H36F2N4O4.C2HF3O2/c1-18(2)21-9-7-10-22(15-21)23-13-14-27(26(17-23)34(41)42)44-33-29(36)30(40(19(3)4)20(5)6)28(35)32(39-33)43-25-12-8-11-24(16-25)31(37)38;3-2(4,5)1(6)7/h7-20H,1-6H3,(H3,37,38)(H,41,42);(H,6,7). The zero-order valence-electron chi connectivity index (χ0n) is 28.5. The number of aromatic nitrogens is 1. The predicted octanol–water partition coefficient (Wildman–Crippen LogP) is 8.97. The van der Waals surface area contributed by atoms with Crippen molar-refractivity contribution in [1.29, 1.82) is 5.41 Å². The molecule has 0 aliphatic heterocycles. The zero-order valence-corrected chi connectivity index (χ0v) is 28.5. The second kappa shape index (κ2) is 16.3. The van der Waals surface area contributed by atoms with Crippen molar-refractivity contribution in [2.75, 3.05) is 4.90 Å². The number of carbonyl (C=O) groups is 2. The number of halogens is 5. The maximum absolute atomic E-state index is 16.2. The number of rotatable bonds is 11. The Morgan fingerprint density at radius 1 is 0.824 bits per heavy atom. The fourth-order valence-electron chi connectivity index (χ4n) is 4.95. The number of alkyl halides is 3. The number of aliphatic carboxylic acids is 1. The second-order valence-electron chi connectivity index (χ2n) is 12.0. The summed E-state index contributed by atoms with van der Waals surface area (Å²) < 4.78 is 75.5. The summed E-state index contributed by atoms with van der Waals surface area (Å²) in [6.07, 6.45) is -5.08. The van der Waals surface area contributed by atoms with Gasteiger partial charge in [-0.3, -0.25) is 5.41 Å². The van der Waals surface area contributed by atoms with Gasteiger partial charge in [-0.15, -0.1) is 0 Å². The van der Waals surface area contributed by atoms with E-state index in [4.69, 9.17) is 30.5 Å². The van der Waals surface area contributed by atoms with Gasteiger partial charge in [0.05, 0.1) is 0 Å². The van der Waals surface area contributed by atoms with Crippen molar-refractivity contribution < 1.29 is 51.2 Å². The van der Waals surface area contributed by atoms with E-state index in [2.05, 4.69) is 18.8 Å². The van der Waals surface area contributed by atoms with E-state index in [0.29, 0.717) is 11.1 Å². The van der Waals surface area contributed by atoms with E-state index in [-0.39, 0.29) is 40.9 Å². The number of nitrogens with two attached hydrogens (primary N) is 1. The number of anilines is 1. The molecule has 4 rings (SSSR count). The summed E-state index contributed by atoms with van der Waals surface area (Å²) in [4.78, 5) is 26.8. The molecule has 0 saturated heterocycles. The fraction of sp³-hybridized carbons (Fsp3) is 0.278. The van der Waals surface area contributed by atoms with Gasteiger partial charge in [-0.2, -0.15) is 26.9 Å². The first-order chi connectivity index (χ1) is 23.7. The van der Waals surface area contributed by atoms with Crippen LogP contribution in [-0.2, 0) is 4.79 Å². The first-order valence-corrected chi connectivity index (χ1v) is 15.5. The third-order valence-corrected chi connectivity index (χ3v) is 7.27. The van der Waals surface area contributed by atoms with Gasteiger partial charge in [0.15, 0.2) is 0 Å². The van der Waals surface area contributed by atoms with Gasteiger partial charge in [-0.05, 0) is 74.6 Å². The number of benzene rings is 3. The zero-order chi connectivity index (χ0) is 38.4. The highest BCUT2D eigenvalue weighted by Gasteiger charge is 2.38. The lowest BCUT2D eigenvalue weighted by Gasteiger charge is -2.33. The Morgan fingerprint density at radius 2 is 1.37 bits per heavy atom. The Hall–Kier alpha value is -5.73. The van der Waals surface area contributed by atoms with Crippen LogP contribution in [0.4, 0.5) is 27.6 Å². The van der Waals surface area contributed by atoms with Gasteiger partial charge in [0.1, 0.15) is 28.6 Å². The summed E-state index contributed by atoms with van der Waals surface area (Å²) in [6.45, 7) is 11.3. The van der Waals surface area contributed by atoms with Crippen LogP contribution in [-0.4, -0.2) is 51.2 Å². The molecule has 0 aliphatic carbocycles. The van der Waals surface area contributed by atoms with E-state index < -0.39 is 47.2 Å². The van der Waals surface area contributed by atoms with E-state index in [1.807, 2.05) is 24.3 Å². The van der Waals surface area contributed by atoms with Crippen LogP contribution >= 0.6 is 0 Å². The summed E-state index contributed by atoms with van der Waals surface area (Å²) in [7, 11) is 0. The highest BCUT2D eigenvalue weighted by atomic mass is 19.4. The molecule has 3 aromatic carbocycles. The molecule has 0 amide bonds. The molecule has 1 heterocycles. The third kappa shape index (κ3) is 9.93. The minimum Gasteiger partial charge on any atom is -0.478 e. The molecule has 1 aromatic heterocycles. The third-order valence-electron chi connectivity index (χ3n) is 7.27. The number of hydrogen-bond donors (Lipinski definition) is 4. The van der Waals surface area contributed by atoms with E-state index in [1.54, 1.807) is 45.9 Å². The van der Waals surface area contributed by atoms with Crippen LogP contribution in [0.3, 0.4) is 0 Å². The van der Waals surface area contributed by atoms with Crippen molar-refractivity contribution in [3.8, 4) is 34.4 Å². The van der Waals surface area contributed by atoms with Gasteiger partial charge in [0.2, 0.25) is 11.6 Å². The number of hydrogen-bond acceptors (Lipinski definition) is 7. The molecule has 0 unspecified atom stereocenters. The SMILES string of the molecule is CC(C)c1cccc(-c2ccc(Oc3nc(Oc4cccc(C(=N)N)c4)c(F)c(N(C(C)C)C(C)C)c3F)c(C(=O)O)c2)c1.O=C(O)C(F)(F)F. The molecule has 0 bridgehead atoms. The largest absolute Gasteiger partial charge is 0.490 e. The first kappa shape index (κ1) is 39.7. The molecule has 272 valence electrons. The normalized spacial score (nSPS) is 11.3. The Balaban J connectivity index is 0.000000908. The van der Waals surface area contributed by atoms with Crippen molar-refractivity contribution in [1.82, 2.24) is 4.98 Å². The molecular weight excluding hydrogens is 679 g/mol. The highest BCUT2D eigenvalue weighted by Crippen LogP contribution is 2.40. The molecule has 0 fully saturated rings. The Bertz CT molecular complexity index is 1910. The Morgan fingerprint density at radius 3 is 1.88 bits per heavy atom.